The Kier molecular flexibility index (Phi) is 1.47. The topological polar surface area (TPSA) is 76.0 Å². The van der Waals surface area contributed by atoms with Crippen molar-refractivity contribution >= 4 is 5.78 Å². The third kappa shape index (κ3) is 0.893. The highest BCUT2D eigenvalue weighted by molar-refractivity contribution is 5.88. The minimum atomic E-state index is -1.33. The second-order valence-electron chi connectivity index (χ2n) is 2.67. The molecule has 2 bridgehead atoms. The fourth-order valence-corrected chi connectivity index (χ4v) is 1.26. The van der Waals surface area contributed by atoms with E-state index < -0.39 is 30.4 Å². The molecular weight excluding hydrogens is 152 g/mol. The summed E-state index contributed by atoms with van der Waals surface area (Å²) >= 11 is 0. The van der Waals surface area contributed by atoms with Crippen molar-refractivity contribution in [2.75, 3.05) is 6.61 Å². The number of carbonyl (C=O) groups excluding carboxylic acids is 1. The van der Waals surface area contributed by atoms with Crippen molar-refractivity contribution in [1.29, 1.82) is 0 Å². The summed E-state index contributed by atoms with van der Waals surface area (Å²) < 4.78 is 9.83. The van der Waals surface area contributed by atoms with Crippen molar-refractivity contribution in [2.24, 2.45) is 0 Å². The van der Waals surface area contributed by atoms with Gasteiger partial charge in [0.2, 0.25) is 0 Å². The van der Waals surface area contributed by atoms with Crippen LogP contribution in [0.25, 0.3) is 0 Å². The maximum absolute atomic E-state index is 10.9. The minimum Gasteiger partial charge on any atom is -0.382 e. The highest BCUT2D eigenvalue weighted by Gasteiger charge is 2.48. The number of ketones is 1. The van der Waals surface area contributed by atoms with E-state index in [9.17, 15) is 4.79 Å². The van der Waals surface area contributed by atoms with E-state index in [0.717, 1.165) is 0 Å². The van der Waals surface area contributed by atoms with Crippen molar-refractivity contribution in [2.45, 2.75) is 24.6 Å². The van der Waals surface area contributed by atoms with Gasteiger partial charge in [-0.15, -0.1) is 0 Å². The van der Waals surface area contributed by atoms with E-state index in [-0.39, 0.29) is 6.61 Å². The molecule has 0 spiro atoms. The van der Waals surface area contributed by atoms with E-state index in [1.807, 2.05) is 0 Å². The summed E-state index contributed by atoms with van der Waals surface area (Å²) in [5.41, 5.74) is 0. The Bertz CT molecular complexity index is 173. The third-order valence-corrected chi connectivity index (χ3v) is 1.93. The number of fused-ring (bicyclic) bond motifs is 2. The number of hydrogen-bond donors (Lipinski definition) is 2. The Morgan fingerprint density at radius 1 is 1.36 bits per heavy atom. The Morgan fingerprint density at radius 3 is 2.82 bits per heavy atom. The van der Waals surface area contributed by atoms with Gasteiger partial charge in [-0.1, -0.05) is 0 Å². The first-order valence-electron chi connectivity index (χ1n) is 3.37. The van der Waals surface area contributed by atoms with Gasteiger partial charge in [-0.2, -0.15) is 0 Å². The second-order valence-corrected chi connectivity index (χ2v) is 2.67. The molecule has 2 rings (SSSR count). The van der Waals surface area contributed by atoms with Crippen LogP contribution in [0.2, 0.25) is 0 Å². The Hall–Kier alpha value is -0.490. The smallest absolute Gasteiger partial charge is 0.197 e. The van der Waals surface area contributed by atoms with Crippen LogP contribution in [0.4, 0.5) is 0 Å². The van der Waals surface area contributed by atoms with Crippen LogP contribution in [0.5, 0.6) is 0 Å². The van der Waals surface area contributed by atoms with Crippen molar-refractivity contribution < 1.29 is 24.5 Å². The highest BCUT2D eigenvalue weighted by atomic mass is 16.7. The van der Waals surface area contributed by atoms with E-state index in [4.69, 9.17) is 19.7 Å². The van der Waals surface area contributed by atoms with Crippen molar-refractivity contribution in [3.63, 3.8) is 0 Å². The van der Waals surface area contributed by atoms with Gasteiger partial charge in [-0.05, 0) is 0 Å². The molecule has 2 fully saturated rings. The van der Waals surface area contributed by atoms with Crippen molar-refractivity contribution in [3.05, 3.63) is 0 Å². The minimum absolute atomic E-state index is 0.175. The maximum Gasteiger partial charge on any atom is 0.197 e. The summed E-state index contributed by atoms with van der Waals surface area (Å²) in [7, 11) is 0. The molecule has 0 aromatic heterocycles. The number of rotatable bonds is 0. The average Bonchev–Trinajstić information content (AvgIpc) is 2.44. The molecule has 0 saturated carbocycles. The number of aliphatic hydroxyl groups excluding tert-OH is 2. The fourth-order valence-electron chi connectivity index (χ4n) is 1.26. The fraction of sp³-hybridized carbons (Fsp3) is 0.833. The van der Waals surface area contributed by atoms with Crippen LogP contribution in [-0.4, -0.2) is 47.2 Å². The molecule has 0 amide bonds. The van der Waals surface area contributed by atoms with Crippen LogP contribution in [0.15, 0.2) is 0 Å². The van der Waals surface area contributed by atoms with Gasteiger partial charge in [0, 0.05) is 0 Å². The Labute approximate surface area is 62.5 Å². The zero-order valence-electron chi connectivity index (χ0n) is 5.64. The molecule has 0 radical (unpaired) electrons. The van der Waals surface area contributed by atoms with Gasteiger partial charge in [-0.3, -0.25) is 4.79 Å². The van der Waals surface area contributed by atoms with Crippen LogP contribution < -0.4 is 0 Å². The number of carbonyl (C=O) groups is 1. The first kappa shape index (κ1) is 7.17. The van der Waals surface area contributed by atoms with Crippen LogP contribution in [0.3, 0.4) is 0 Å². The lowest BCUT2D eigenvalue weighted by Crippen LogP contribution is -2.50. The van der Waals surface area contributed by atoms with Crippen molar-refractivity contribution in [3.8, 4) is 0 Å². The summed E-state index contributed by atoms with van der Waals surface area (Å²) in [5, 5.41) is 18.2. The molecule has 0 aliphatic carbocycles. The molecule has 0 unspecified atom stereocenters. The van der Waals surface area contributed by atoms with Crippen molar-refractivity contribution in [1.82, 2.24) is 0 Å². The molecule has 4 atom stereocenters. The first-order chi connectivity index (χ1) is 5.20. The molecule has 2 saturated heterocycles. The van der Waals surface area contributed by atoms with Crippen LogP contribution in [-0.2, 0) is 14.3 Å². The van der Waals surface area contributed by atoms with Gasteiger partial charge in [0.05, 0.1) is 6.61 Å². The van der Waals surface area contributed by atoms with E-state index >= 15 is 0 Å². The molecular formula is C6H8O5. The predicted octanol–water partition coefficient (Wildman–Crippen LogP) is -1.97. The summed E-state index contributed by atoms with van der Waals surface area (Å²) in [6, 6.07) is 0. The highest BCUT2D eigenvalue weighted by Crippen LogP contribution is 2.24. The van der Waals surface area contributed by atoms with Gasteiger partial charge in [0.15, 0.2) is 18.2 Å². The van der Waals surface area contributed by atoms with Gasteiger partial charge >= 0.3 is 0 Å². The van der Waals surface area contributed by atoms with E-state index in [1.165, 1.54) is 0 Å². The zero-order chi connectivity index (χ0) is 8.01. The predicted molar refractivity (Wildman–Crippen MR) is 31.6 cm³/mol. The molecule has 2 aliphatic rings. The van der Waals surface area contributed by atoms with Crippen LogP contribution in [0.1, 0.15) is 0 Å². The second kappa shape index (κ2) is 2.25. The number of ether oxygens (including phenoxy) is 2. The SMILES string of the molecule is O=C1[C@@H](O)[C@H]2CO[C@H](O2)[C@H]1O. The van der Waals surface area contributed by atoms with Gasteiger partial charge in [0.25, 0.3) is 0 Å². The van der Waals surface area contributed by atoms with Crippen LogP contribution >= 0.6 is 0 Å². The molecule has 2 aliphatic heterocycles. The Balaban J connectivity index is 2.23. The average molecular weight is 160 g/mol. The lowest BCUT2D eigenvalue weighted by atomic mass is 10.0. The summed E-state index contributed by atoms with van der Waals surface area (Å²) in [6.45, 7) is 0.175. The maximum atomic E-state index is 10.9. The number of aliphatic hydroxyl groups is 2. The van der Waals surface area contributed by atoms with Gasteiger partial charge < -0.3 is 19.7 Å². The Morgan fingerprint density at radius 2 is 2.09 bits per heavy atom. The van der Waals surface area contributed by atoms with E-state index in [2.05, 4.69) is 0 Å². The third-order valence-electron chi connectivity index (χ3n) is 1.93. The van der Waals surface area contributed by atoms with E-state index in [0.29, 0.717) is 0 Å². The van der Waals surface area contributed by atoms with Crippen LogP contribution in [0, 0.1) is 0 Å². The molecule has 2 N–H and O–H groups in total. The summed E-state index contributed by atoms with van der Waals surface area (Å²) in [5.74, 6) is -0.608. The first-order valence-corrected chi connectivity index (χ1v) is 3.37. The van der Waals surface area contributed by atoms with Gasteiger partial charge in [-0.25, -0.2) is 0 Å². The monoisotopic (exact) mass is 160 g/mol. The molecule has 5 nitrogen and oxygen atoms in total. The largest absolute Gasteiger partial charge is 0.382 e. The normalized spacial score (nSPS) is 49.8. The molecule has 11 heavy (non-hydrogen) atoms. The lowest BCUT2D eigenvalue weighted by Gasteiger charge is -2.25. The quantitative estimate of drug-likeness (QED) is 0.430. The standard InChI is InChI=1S/C6H8O5/c7-3-2-1-10-6(11-2)5(9)4(3)8/h2-3,5-7,9H,1H2/t2-,3+,5+,6-/m1/s1. The number of Topliss-reactive ketones (excluding diaryl/α,β-unsaturated/α-hetero) is 1. The summed E-state index contributed by atoms with van der Waals surface area (Å²) in [6.07, 6.45) is -4.01. The molecule has 2 heterocycles. The zero-order valence-corrected chi connectivity index (χ0v) is 5.64. The lowest BCUT2D eigenvalue weighted by molar-refractivity contribution is -0.188. The number of hydrogen-bond acceptors (Lipinski definition) is 5. The van der Waals surface area contributed by atoms with Gasteiger partial charge in [0.1, 0.15) is 12.2 Å². The van der Waals surface area contributed by atoms with E-state index in [1.54, 1.807) is 0 Å². The molecule has 0 aromatic rings. The molecule has 62 valence electrons. The molecule has 0 aromatic carbocycles. The molecule has 5 heteroatoms. The summed E-state index contributed by atoms with van der Waals surface area (Å²) in [4.78, 5) is 10.9.